The molecule has 1 rings (SSSR count). The van der Waals surface area contributed by atoms with Crippen LogP contribution in [0.4, 0.5) is 0 Å². The third kappa shape index (κ3) is 8.51. The number of aliphatic hydroxyl groups excluding tert-OH is 1. The van der Waals surface area contributed by atoms with Gasteiger partial charge in [0.2, 0.25) is 0 Å². The molecule has 1 aliphatic heterocycles. The maximum atomic E-state index is 11.4. The highest BCUT2D eigenvalue weighted by Crippen LogP contribution is 2.18. The van der Waals surface area contributed by atoms with E-state index in [1.54, 1.807) is 0 Å². The van der Waals surface area contributed by atoms with Crippen LogP contribution in [0.2, 0.25) is 0 Å². The quantitative estimate of drug-likeness (QED) is 0.314. The predicted octanol–water partition coefficient (Wildman–Crippen LogP) is 5.33. The zero-order chi connectivity index (χ0) is 17.6. The van der Waals surface area contributed by atoms with Gasteiger partial charge >= 0.3 is 0 Å². The number of hydrogen-bond acceptors (Lipinski definition) is 3. The van der Waals surface area contributed by atoms with Crippen molar-refractivity contribution < 1.29 is 14.7 Å². The monoisotopic (exact) mass is 337 g/mol. The molecular formula is C20H35NO3. The van der Waals surface area contributed by atoms with E-state index in [0.717, 1.165) is 12.8 Å². The molecule has 1 aliphatic rings. The zero-order valence-electron chi connectivity index (χ0n) is 15.4. The third-order valence-corrected chi connectivity index (χ3v) is 4.78. The number of amides is 2. The Morgan fingerprint density at radius 3 is 1.46 bits per heavy atom. The number of carbonyl (C=O) groups excluding carboxylic acids is 2. The number of aliphatic hydroxyl groups is 1. The summed E-state index contributed by atoms with van der Waals surface area (Å²) in [7, 11) is 0. The summed E-state index contributed by atoms with van der Waals surface area (Å²) in [6.07, 6.45) is 18.5. The molecule has 0 aromatic rings. The van der Waals surface area contributed by atoms with Gasteiger partial charge in [0.25, 0.3) is 11.8 Å². The molecule has 0 fully saturated rings. The Morgan fingerprint density at radius 2 is 1.08 bits per heavy atom. The topological polar surface area (TPSA) is 66.4 Å². The van der Waals surface area contributed by atoms with Crippen LogP contribution in [0.15, 0.2) is 11.3 Å². The summed E-state index contributed by atoms with van der Waals surface area (Å²) in [5.41, 5.74) is 0.263. The first-order valence-electron chi connectivity index (χ1n) is 9.94. The minimum atomic E-state index is -0.652. The smallest absolute Gasteiger partial charge is 0.293 e. The molecule has 4 nitrogen and oxygen atoms in total. The highest BCUT2D eigenvalue weighted by molar-refractivity contribution is 6.18. The Morgan fingerprint density at radius 1 is 0.667 bits per heavy atom. The van der Waals surface area contributed by atoms with Crippen LogP contribution in [-0.2, 0) is 9.59 Å². The maximum Gasteiger partial charge on any atom is 0.293 e. The van der Waals surface area contributed by atoms with Gasteiger partial charge in [-0.25, -0.2) is 0 Å². The number of unbranched alkanes of at least 4 members (excludes halogenated alkanes) is 13. The summed E-state index contributed by atoms with van der Waals surface area (Å²) < 4.78 is 0. The summed E-state index contributed by atoms with van der Waals surface area (Å²) in [6.45, 7) is 2.26. The van der Waals surface area contributed by atoms with E-state index in [1.807, 2.05) is 0 Å². The largest absolute Gasteiger partial charge is 0.503 e. The SMILES string of the molecule is CCCCCCCCCCCCCCCCC1=C(O)C(=O)NC1=O. The third-order valence-electron chi connectivity index (χ3n) is 4.78. The second-order valence-electron chi connectivity index (χ2n) is 6.96. The van der Waals surface area contributed by atoms with Crippen molar-refractivity contribution >= 4 is 11.8 Å². The number of rotatable bonds is 15. The lowest BCUT2D eigenvalue weighted by Crippen LogP contribution is -2.23. The van der Waals surface area contributed by atoms with Crippen LogP contribution in [0, 0.1) is 0 Å². The summed E-state index contributed by atoms with van der Waals surface area (Å²) in [5, 5.41) is 11.6. The van der Waals surface area contributed by atoms with E-state index < -0.39 is 11.8 Å². The van der Waals surface area contributed by atoms with E-state index in [9.17, 15) is 14.7 Å². The standard InChI is InChI=1S/C20H35NO3/c1-2-3-4-5-6-7-8-9-10-11-12-13-14-15-16-17-18(22)20(24)21-19(17)23/h2-16H2,1H3,(H2,21,22,23,24). The first-order valence-corrected chi connectivity index (χ1v) is 9.94. The van der Waals surface area contributed by atoms with Crippen molar-refractivity contribution in [3.63, 3.8) is 0 Å². The molecular weight excluding hydrogens is 302 g/mol. The maximum absolute atomic E-state index is 11.4. The molecule has 0 saturated carbocycles. The van der Waals surface area contributed by atoms with E-state index in [1.165, 1.54) is 77.0 Å². The molecule has 0 aromatic heterocycles. The van der Waals surface area contributed by atoms with Crippen molar-refractivity contribution in [2.75, 3.05) is 0 Å². The molecule has 0 bridgehead atoms. The summed E-state index contributed by atoms with van der Waals surface area (Å²) >= 11 is 0. The molecule has 1 heterocycles. The van der Waals surface area contributed by atoms with Crippen molar-refractivity contribution in [3.05, 3.63) is 11.3 Å². The number of nitrogens with one attached hydrogen (secondary N) is 1. The number of hydrogen-bond donors (Lipinski definition) is 2. The second-order valence-corrected chi connectivity index (χ2v) is 6.96. The molecule has 138 valence electrons. The Hall–Kier alpha value is -1.32. The average molecular weight is 338 g/mol. The van der Waals surface area contributed by atoms with Crippen molar-refractivity contribution in [3.8, 4) is 0 Å². The average Bonchev–Trinajstić information content (AvgIpc) is 2.81. The van der Waals surface area contributed by atoms with Gasteiger partial charge in [0, 0.05) is 0 Å². The molecule has 4 heteroatoms. The molecule has 0 aromatic carbocycles. The van der Waals surface area contributed by atoms with Gasteiger partial charge in [0.15, 0.2) is 5.76 Å². The predicted molar refractivity (Wildman–Crippen MR) is 97.7 cm³/mol. The van der Waals surface area contributed by atoms with Gasteiger partial charge in [0.1, 0.15) is 0 Å². The minimum Gasteiger partial charge on any atom is -0.503 e. The lowest BCUT2D eigenvalue weighted by molar-refractivity contribution is -0.125. The molecule has 2 amide bonds. The number of carbonyl (C=O) groups is 2. The molecule has 0 unspecified atom stereocenters. The van der Waals surface area contributed by atoms with E-state index >= 15 is 0 Å². The van der Waals surface area contributed by atoms with Crippen LogP contribution >= 0.6 is 0 Å². The Balaban J connectivity index is 1.84. The van der Waals surface area contributed by atoms with Crippen LogP contribution in [-0.4, -0.2) is 16.9 Å². The van der Waals surface area contributed by atoms with Crippen LogP contribution < -0.4 is 5.32 Å². The summed E-state index contributed by atoms with van der Waals surface area (Å²) in [5.74, 6) is -1.46. The van der Waals surface area contributed by atoms with E-state index in [2.05, 4.69) is 12.2 Å². The van der Waals surface area contributed by atoms with Gasteiger partial charge in [-0.2, -0.15) is 0 Å². The fourth-order valence-electron chi connectivity index (χ4n) is 3.21. The molecule has 0 aliphatic carbocycles. The summed E-state index contributed by atoms with van der Waals surface area (Å²) in [6, 6.07) is 0. The van der Waals surface area contributed by atoms with E-state index in [0.29, 0.717) is 6.42 Å². The van der Waals surface area contributed by atoms with Crippen molar-refractivity contribution in [2.24, 2.45) is 0 Å². The van der Waals surface area contributed by atoms with Crippen LogP contribution in [0.1, 0.15) is 103 Å². The van der Waals surface area contributed by atoms with Gasteiger partial charge in [0.05, 0.1) is 5.57 Å². The molecule has 0 radical (unpaired) electrons. The fraction of sp³-hybridized carbons (Fsp3) is 0.800. The van der Waals surface area contributed by atoms with E-state index in [-0.39, 0.29) is 11.3 Å². The number of imide groups is 1. The first kappa shape index (κ1) is 20.7. The first-order chi connectivity index (χ1) is 11.7. The van der Waals surface area contributed by atoms with Crippen LogP contribution in [0.5, 0.6) is 0 Å². The highest BCUT2D eigenvalue weighted by Gasteiger charge is 2.28. The lowest BCUT2D eigenvalue weighted by atomic mass is 10.0. The summed E-state index contributed by atoms with van der Waals surface area (Å²) in [4.78, 5) is 22.5. The lowest BCUT2D eigenvalue weighted by Gasteiger charge is -2.03. The van der Waals surface area contributed by atoms with E-state index in [4.69, 9.17) is 0 Å². The van der Waals surface area contributed by atoms with Crippen LogP contribution in [0.25, 0.3) is 0 Å². The fourth-order valence-corrected chi connectivity index (χ4v) is 3.21. The zero-order valence-corrected chi connectivity index (χ0v) is 15.4. The highest BCUT2D eigenvalue weighted by atomic mass is 16.3. The molecule has 2 N–H and O–H groups in total. The second kappa shape index (κ2) is 13.0. The molecule has 0 atom stereocenters. The van der Waals surface area contributed by atoms with Gasteiger partial charge in [-0.1, -0.05) is 90.4 Å². The van der Waals surface area contributed by atoms with Gasteiger partial charge in [-0.3, -0.25) is 14.9 Å². The minimum absolute atomic E-state index is 0.263. The Kier molecular flexibility index (Phi) is 11.2. The Bertz CT molecular complexity index is 415. The Labute approximate surface area is 147 Å². The molecule has 0 spiro atoms. The van der Waals surface area contributed by atoms with Gasteiger partial charge in [-0.05, 0) is 12.8 Å². The van der Waals surface area contributed by atoms with Crippen molar-refractivity contribution in [1.29, 1.82) is 0 Å². The normalized spacial score (nSPS) is 14.5. The van der Waals surface area contributed by atoms with Gasteiger partial charge < -0.3 is 5.11 Å². The molecule has 24 heavy (non-hydrogen) atoms. The van der Waals surface area contributed by atoms with Crippen molar-refractivity contribution in [1.82, 2.24) is 5.32 Å². The van der Waals surface area contributed by atoms with Crippen molar-refractivity contribution in [2.45, 2.75) is 103 Å². The van der Waals surface area contributed by atoms with Gasteiger partial charge in [-0.15, -0.1) is 0 Å². The van der Waals surface area contributed by atoms with Crippen LogP contribution in [0.3, 0.4) is 0 Å². The molecule has 0 saturated heterocycles.